The summed E-state index contributed by atoms with van der Waals surface area (Å²) < 4.78 is 1.04. The number of carbonyl (C=O) groups excluding carboxylic acids is 1. The molecular formula is C14H19BrO. The number of hydrogen-bond donors (Lipinski definition) is 0. The molecule has 0 radical (unpaired) electrons. The molecule has 0 N–H and O–H groups in total. The largest absolute Gasteiger partial charge is 0.294 e. The van der Waals surface area contributed by atoms with Crippen LogP contribution in [0.2, 0.25) is 0 Å². The molecule has 1 aromatic rings. The van der Waals surface area contributed by atoms with Gasteiger partial charge in [0.05, 0.1) is 0 Å². The zero-order valence-corrected chi connectivity index (χ0v) is 12.2. The van der Waals surface area contributed by atoms with E-state index in [0.717, 1.165) is 27.6 Å². The number of ketones is 1. The van der Waals surface area contributed by atoms with Gasteiger partial charge >= 0.3 is 0 Å². The van der Waals surface area contributed by atoms with E-state index < -0.39 is 0 Å². The van der Waals surface area contributed by atoms with E-state index in [2.05, 4.69) is 22.9 Å². The maximum Gasteiger partial charge on any atom is 0.168 e. The van der Waals surface area contributed by atoms with E-state index in [1.54, 1.807) is 0 Å². The number of rotatable bonds is 3. The molecule has 0 atom stereocenters. The average molecular weight is 283 g/mol. The molecule has 0 bridgehead atoms. The summed E-state index contributed by atoms with van der Waals surface area (Å²) >= 11 is 3.45. The van der Waals surface area contributed by atoms with Crippen molar-refractivity contribution in [3.05, 3.63) is 33.3 Å². The average Bonchev–Trinajstić information content (AvgIpc) is 2.15. The van der Waals surface area contributed by atoms with Crippen LogP contribution in [0.3, 0.4) is 0 Å². The van der Waals surface area contributed by atoms with E-state index >= 15 is 0 Å². The highest BCUT2D eigenvalue weighted by Gasteiger charge is 2.28. The van der Waals surface area contributed by atoms with E-state index in [-0.39, 0.29) is 11.2 Å². The third-order valence-electron chi connectivity index (χ3n) is 3.22. The molecule has 0 heterocycles. The van der Waals surface area contributed by atoms with Crippen molar-refractivity contribution in [2.24, 2.45) is 5.41 Å². The van der Waals surface area contributed by atoms with Gasteiger partial charge in [-0.05, 0) is 43.5 Å². The van der Waals surface area contributed by atoms with Gasteiger partial charge in [0.15, 0.2) is 5.78 Å². The molecule has 0 fully saturated rings. The second kappa shape index (κ2) is 4.70. The van der Waals surface area contributed by atoms with Crippen molar-refractivity contribution in [1.82, 2.24) is 0 Å². The van der Waals surface area contributed by atoms with Crippen LogP contribution >= 0.6 is 15.9 Å². The highest BCUT2D eigenvalue weighted by Crippen LogP contribution is 2.30. The third kappa shape index (κ3) is 2.54. The van der Waals surface area contributed by atoms with Gasteiger partial charge in [-0.15, -0.1) is 0 Å². The zero-order chi connectivity index (χ0) is 12.5. The lowest BCUT2D eigenvalue weighted by Crippen LogP contribution is -2.25. The molecule has 0 aromatic heterocycles. The fourth-order valence-corrected chi connectivity index (χ4v) is 2.45. The lowest BCUT2D eigenvalue weighted by Gasteiger charge is -2.23. The minimum absolute atomic E-state index is 0.248. The summed E-state index contributed by atoms with van der Waals surface area (Å²) in [5.74, 6) is 0.248. The van der Waals surface area contributed by atoms with E-state index in [0.29, 0.717) is 0 Å². The van der Waals surface area contributed by atoms with Crippen LogP contribution in [-0.4, -0.2) is 5.78 Å². The van der Waals surface area contributed by atoms with Crippen molar-refractivity contribution in [2.45, 2.75) is 41.0 Å². The van der Waals surface area contributed by atoms with Crippen molar-refractivity contribution in [3.63, 3.8) is 0 Å². The minimum Gasteiger partial charge on any atom is -0.294 e. The van der Waals surface area contributed by atoms with Crippen LogP contribution < -0.4 is 0 Å². The molecule has 0 saturated heterocycles. The predicted molar refractivity (Wildman–Crippen MR) is 72.0 cm³/mol. The molecule has 1 rings (SSSR count). The third-order valence-corrected chi connectivity index (χ3v) is 3.68. The molecule has 1 aromatic carbocycles. The van der Waals surface area contributed by atoms with Crippen LogP contribution in [-0.2, 0) is 0 Å². The fraction of sp³-hybridized carbons (Fsp3) is 0.500. The summed E-state index contributed by atoms with van der Waals surface area (Å²) in [6, 6.07) is 4.01. The summed E-state index contributed by atoms with van der Waals surface area (Å²) in [6.07, 6.45) is 0.862. The Labute approximate surface area is 106 Å². The van der Waals surface area contributed by atoms with Gasteiger partial charge in [-0.2, -0.15) is 0 Å². The number of carbonyl (C=O) groups is 1. The Morgan fingerprint density at radius 2 is 1.69 bits per heavy atom. The summed E-state index contributed by atoms with van der Waals surface area (Å²) in [5.41, 5.74) is 2.72. The molecule has 1 nitrogen and oxygen atoms in total. The van der Waals surface area contributed by atoms with Crippen LogP contribution in [0.1, 0.15) is 48.7 Å². The topological polar surface area (TPSA) is 17.1 Å². The second-order valence-corrected chi connectivity index (χ2v) is 5.90. The molecule has 0 spiro atoms. The molecule has 88 valence electrons. The first kappa shape index (κ1) is 13.4. The van der Waals surface area contributed by atoms with Gasteiger partial charge in [0, 0.05) is 15.5 Å². The summed E-state index contributed by atoms with van der Waals surface area (Å²) in [7, 11) is 0. The first-order valence-corrected chi connectivity index (χ1v) is 6.40. The quantitative estimate of drug-likeness (QED) is 0.736. The Bertz CT molecular complexity index is 396. The van der Waals surface area contributed by atoms with Crippen molar-refractivity contribution < 1.29 is 4.79 Å². The molecule has 0 unspecified atom stereocenters. The second-order valence-electron chi connectivity index (χ2n) is 4.98. The van der Waals surface area contributed by atoms with Crippen molar-refractivity contribution in [1.29, 1.82) is 0 Å². The first-order valence-electron chi connectivity index (χ1n) is 5.61. The summed E-state index contributed by atoms with van der Waals surface area (Å²) in [5, 5.41) is 0. The molecular weight excluding hydrogens is 264 g/mol. The Morgan fingerprint density at radius 1 is 1.25 bits per heavy atom. The summed E-state index contributed by atoms with van der Waals surface area (Å²) in [6.45, 7) is 10.1. The zero-order valence-electron chi connectivity index (χ0n) is 10.6. The van der Waals surface area contributed by atoms with Gasteiger partial charge in [0.1, 0.15) is 0 Å². The van der Waals surface area contributed by atoms with Crippen LogP contribution in [0.15, 0.2) is 16.6 Å². The van der Waals surface area contributed by atoms with Crippen molar-refractivity contribution in [2.75, 3.05) is 0 Å². The van der Waals surface area contributed by atoms with Gasteiger partial charge in [-0.3, -0.25) is 4.79 Å². The van der Waals surface area contributed by atoms with Gasteiger partial charge in [0.25, 0.3) is 0 Å². The first-order chi connectivity index (χ1) is 7.29. The van der Waals surface area contributed by atoms with Crippen LogP contribution in [0.5, 0.6) is 0 Å². The molecule has 0 aliphatic heterocycles. The fourth-order valence-electron chi connectivity index (χ4n) is 1.77. The Balaban J connectivity index is 3.30. The maximum atomic E-state index is 12.4. The number of aryl methyl sites for hydroxylation is 2. The Morgan fingerprint density at radius 3 is 2.06 bits per heavy atom. The van der Waals surface area contributed by atoms with Crippen LogP contribution in [0, 0.1) is 19.3 Å². The van der Waals surface area contributed by atoms with Crippen LogP contribution in [0.4, 0.5) is 0 Å². The maximum absolute atomic E-state index is 12.4. The Hall–Kier alpha value is -0.630. The minimum atomic E-state index is -0.274. The highest BCUT2D eigenvalue weighted by molar-refractivity contribution is 9.10. The number of hydrogen-bond acceptors (Lipinski definition) is 1. The molecule has 2 heteroatoms. The lowest BCUT2D eigenvalue weighted by molar-refractivity contribution is 0.0831. The molecule has 0 aliphatic carbocycles. The van der Waals surface area contributed by atoms with E-state index in [1.807, 2.05) is 39.8 Å². The van der Waals surface area contributed by atoms with Crippen LogP contribution in [0.25, 0.3) is 0 Å². The predicted octanol–water partition coefficient (Wildman–Crippen LogP) is 4.68. The lowest BCUT2D eigenvalue weighted by atomic mass is 9.79. The number of benzene rings is 1. The van der Waals surface area contributed by atoms with Crippen molar-refractivity contribution >= 4 is 21.7 Å². The molecule has 0 amide bonds. The smallest absolute Gasteiger partial charge is 0.168 e. The number of Topliss-reactive ketones (excluding diaryl/α,β-unsaturated/α-hetero) is 1. The standard InChI is InChI=1S/C14H19BrO/c1-6-14(4,5)13(16)12-9(2)7-11(15)8-10(12)3/h7-8H,6H2,1-5H3. The molecule has 0 aliphatic rings. The van der Waals surface area contributed by atoms with Crippen molar-refractivity contribution in [3.8, 4) is 0 Å². The number of halogens is 1. The Kier molecular flexibility index (Phi) is 3.95. The van der Waals surface area contributed by atoms with Gasteiger partial charge in [-0.25, -0.2) is 0 Å². The normalized spacial score (nSPS) is 11.6. The van der Waals surface area contributed by atoms with E-state index in [9.17, 15) is 4.79 Å². The SMILES string of the molecule is CCC(C)(C)C(=O)c1c(C)cc(Br)cc1C. The summed E-state index contributed by atoms with van der Waals surface area (Å²) in [4.78, 5) is 12.4. The van der Waals surface area contributed by atoms with E-state index in [4.69, 9.17) is 0 Å². The highest BCUT2D eigenvalue weighted by atomic mass is 79.9. The van der Waals surface area contributed by atoms with Gasteiger partial charge in [0.2, 0.25) is 0 Å². The van der Waals surface area contributed by atoms with Gasteiger partial charge in [-0.1, -0.05) is 36.7 Å². The molecule has 16 heavy (non-hydrogen) atoms. The monoisotopic (exact) mass is 282 g/mol. The molecule has 0 saturated carbocycles. The van der Waals surface area contributed by atoms with E-state index in [1.165, 1.54) is 0 Å². The van der Waals surface area contributed by atoms with Gasteiger partial charge < -0.3 is 0 Å².